The number of anilines is 1. The van der Waals surface area contributed by atoms with Gasteiger partial charge < -0.3 is 10.1 Å². The molecule has 4 heteroatoms. The normalized spacial score (nSPS) is 21.5. The smallest absolute Gasteiger partial charge is 0.140 e. The molecule has 0 bridgehead atoms. The van der Waals surface area contributed by atoms with Crippen LogP contribution in [0.15, 0.2) is 18.3 Å². The van der Waals surface area contributed by atoms with Crippen LogP contribution in [0.5, 0.6) is 0 Å². The van der Waals surface area contributed by atoms with Gasteiger partial charge in [0.05, 0.1) is 18.5 Å². The number of ether oxygens (including phenoxy) is 1. The maximum absolute atomic E-state index is 8.66. The van der Waals surface area contributed by atoms with Crippen LogP contribution in [0, 0.1) is 17.2 Å². The lowest BCUT2D eigenvalue weighted by Crippen LogP contribution is -2.32. The van der Waals surface area contributed by atoms with Gasteiger partial charge in [-0.2, -0.15) is 5.26 Å². The van der Waals surface area contributed by atoms with Gasteiger partial charge in [0.1, 0.15) is 11.8 Å². The first-order chi connectivity index (χ1) is 8.29. The molecule has 0 unspecified atom stereocenters. The second-order valence-corrected chi connectivity index (χ2v) is 4.45. The van der Waals surface area contributed by atoms with Crippen molar-refractivity contribution in [3.05, 3.63) is 24.0 Å². The van der Waals surface area contributed by atoms with Gasteiger partial charge >= 0.3 is 0 Å². The van der Waals surface area contributed by atoms with E-state index in [2.05, 4.69) is 17.2 Å². The summed E-state index contributed by atoms with van der Waals surface area (Å²) in [4.78, 5) is 4.04. The number of rotatable bonds is 3. The van der Waals surface area contributed by atoms with Crippen LogP contribution in [0.25, 0.3) is 0 Å². The Labute approximate surface area is 102 Å². The summed E-state index contributed by atoms with van der Waals surface area (Å²) in [5.41, 5.74) is 1.41. The fraction of sp³-hybridized carbons (Fsp3) is 0.538. The molecule has 17 heavy (non-hydrogen) atoms. The Morgan fingerprint density at radius 3 is 3.06 bits per heavy atom. The van der Waals surface area contributed by atoms with Crippen LogP contribution in [-0.4, -0.2) is 24.2 Å². The van der Waals surface area contributed by atoms with Crippen molar-refractivity contribution in [2.75, 3.05) is 18.5 Å². The van der Waals surface area contributed by atoms with Crippen molar-refractivity contribution in [3.63, 3.8) is 0 Å². The monoisotopic (exact) mass is 231 g/mol. The molecule has 4 nitrogen and oxygen atoms in total. The largest absolute Gasteiger partial charge is 0.381 e. The highest BCUT2D eigenvalue weighted by Gasteiger charge is 2.20. The van der Waals surface area contributed by atoms with E-state index in [4.69, 9.17) is 10.00 Å². The maximum atomic E-state index is 8.66. The summed E-state index contributed by atoms with van der Waals surface area (Å²) in [5.74, 6) is 0.555. The number of hydrogen-bond acceptors (Lipinski definition) is 4. The summed E-state index contributed by atoms with van der Waals surface area (Å²) in [7, 11) is 0. The third-order valence-corrected chi connectivity index (χ3v) is 3.17. The van der Waals surface area contributed by atoms with Crippen molar-refractivity contribution in [2.24, 2.45) is 5.92 Å². The molecule has 2 rings (SSSR count). The second-order valence-electron chi connectivity index (χ2n) is 4.45. The summed E-state index contributed by atoms with van der Waals surface area (Å²) in [6.45, 7) is 3.89. The average Bonchev–Trinajstić information content (AvgIpc) is 2.40. The third kappa shape index (κ3) is 3.18. The van der Waals surface area contributed by atoms with Crippen molar-refractivity contribution in [2.45, 2.75) is 25.8 Å². The number of nitriles is 1. The minimum absolute atomic E-state index is 0.366. The summed E-state index contributed by atoms with van der Waals surface area (Å²) in [5, 5.41) is 12.1. The third-order valence-electron chi connectivity index (χ3n) is 3.17. The Hall–Kier alpha value is -1.60. The fourth-order valence-electron chi connectivity index (χ4n) is 2.09. The molecule has 2 heterocycles. The predicted octanol–water partition coefficient (Wildman–Crippen LogP) is 2.18. The molecule has 1 aromatic heterocycles. The van der Waals surface area contributed by atoms with Crippen LogP contribution < -0.4 is 5.32 Å². The van der Waals surface area contributed by atoms with Crippen LogP contribution in [0.4, 0.5) is 5.69 Å². The molecule has 1 aliphatic heterocycles. The summed E-state index contributed by atoms with van der Waals surface area (Å²) >= 11 is 0. The Morgan fingerprint density at radius 2 is 2.47 bits per heavy atom. The van der Waals surface area contributed by atoms with Crippen LogP contribution in [0.3, 0.4) is 0 Å². The zero-order valence-electron chi connectivity index (χ0n) is 10.0. The summed E-state index contributed by atoms with van der Waals surface area (Å²) in [6, 6.07) is 6.00. The number of hydrogen-bond donors (Lipinski definition) is 1. The van der Waals surface area contributed by atoms with Crippen LogP contribution in [0.2, 0.25) is 0 Å². The first-order valence-corrected chi connectivity index (χ1v) is 6.00. The lowest BCUT2D eigenvalue weighted by Gasteiger charge is -2.28. The molecule has 1 aromatic rings. The maximum Gasteiger partial charge on any atom is 0.140 e. The van der Waals surface area contributed by atoms with E-state index in [0.717, 1.165) is 25.3 Å². The highest BCUT2D eigenvalue weighted by atomic mass is 16.5. The van der Waals surface area contributed by atoms with Crippen LogP contribution in [0.1, 0.15) is 25.5 Å². The highest BCUT2D eigenvalue weighted by Crippen LogP contribution is 2.20. The fourth-order valence-corrected chi connectivity index (χ4v) is 2.09. The van der Waals surface area contributed by atoms with Gasteiger partial charge in [-0.05, 0) is 31.9 Å². The SMILES string of the molecule is C[C@H](Nc1ccc(C#N)nc1)[C@H]1CCCOC1. The van der Waals surface area contributed by atoms with E-state index < -0.39 is 0 Å². The molecule has 1 saturated heterocycles. The quantitative estimate of drug-likeness (QED) is 0.866. The van der Waals surface area contributed by atoms with Gasteiger partial charge in [0.25, 0.3) is 0 Å². The second kappa shape index (κ2) is 5.65. The predicted molar refractivity (Wildman–Crippen MR) is 65.6 cm³/mol. The molecule has 1 fully saturated rings. The lowest BCUT2D eigenvalue weighted by atomic mass is 9.95. The highest BCUT2D eigenvalue weighted by molar-refractivity contribution is 5.43. The van der Waals surface area contributed by atoms with Gasteiger partial charge in [-0.25, -0.2) is 4.98 Å². The molecule has 0 spiro atoms. The zero-order valence-corrected chi connectivity index (χ0v) is 10.0. The van der Waals surface area contributed by atoms with Crippen LogP contribution in [-0.2, 0) is 4.74 Å². The van der Waals surface area contributed by atoms with Gasteiger partial charge in [-0.3, -0.25) is 0 Å². The molecule has 0 aliphatic carbocycles. The Balaban J connectivity index is 1.92. The van der Waals surface area contributed by atoms with E-state index in [1.807, 2.05) is 12.1 Å². The van der Waals surface area contributed by atoms with Crippen molar-refractivity contribution < 1.29 is 4.74 Å². The molecule has 1 aliphatic rings. The van der Waals surface area contributed by atoms with Crippen molar-refractivity contribution in [3.8, 4) is 6.07 Å². The summed E-state index contributed by atoms with van der Waals surface area (Å²) < 4.78 is 5.48. The molecule has 1 N–H and O–H groups in total. The van der Waals surface area contributed by atoms with E-state index in [0.29, 0.717) is 17.7 Å². The minimum Gasteiger partial charge on any atom is -0.381 e. The van der Waals surface area contributed by atoms with Crippen molar-refractivity contribution >= 4 is 5.69 Å². The molecule has 90 valence electrons. The van der Waals surface area contributed by atoms with E-state index in [1.165, 1.54) is 6.42 Å². The van der Waals surface area contributed by atoms with Crippen molar-refractivity contribution in [1.82, 2.24) is 4.98 Å². The zero-order chi connectivity index (χ0) is 12.1. The van der Waals surface area contributed by atoms with E-state index in [9.17, 15) is 0 Å². The summed E-state index contributed by atoms with van der Waals surface area (Å²) in [6.07, 6.45) is 4.05. The lowest BCUT2D eigenvalue weighted by molar-refractivity contribution is 0.0496. The minimum atomic E-state index is 0.366. The Morgan fingerprint density at radius 1 is 1.59 bits per heavy atom. The molecule has 0 aromatic carbocycles. The van der Waals surface area contributed by atoms with Crippen LogP contribution >= 0.6 is 0 Å². The first-order valence-electron chi connectivity index (χ1n) is 6.00. The number of aromatic nitrogens is 1. The molecule has 2 atom stereocenters. The molecule has 0 saturated carbocycles. The Bertz CT molecular complexity index is 390. The van der Waals surface area contributed by atoms with Gasteiger partial charge in [-0.15, -0.1) is 0 Å². The molecular weight excluding hydrogens is 214 g/mol. The standard InChI is InChI=1S/C13H17N3O/c1-10(11-3-2-6-17-9-11)16-13-5-4-12(7-14)15-8-13/h4-5,8,10-11,16H,2-3,6,9H2,1H3/t10-,11-/m0/s1. The van der Waals surface area contributed by atoms with Gasteiger partial charge in [-0.1, -0.05) is 0 Å². The average molecular weight is 231 g/mol. The number of nitrogens with one attached hydrogen (secondary N) is 1. The van der Waals surface area contributed by atoms with E-state index in [1.54, 1.807) is 12.3 Å². The van der Waals surface area contributed by atoms with Gasteiger partial charge in [0.2, 0.25) is 0 Å². The number of nitrogens with zero attached hydrogens (tertiary/aromatic N) is 2. The van der Waals surface area contributed by atoms with E-state index in [-0.39, 0.29) is 0 Å². The van der Waals surface area contributed by atoms with Crippen molar-refractivity contribution in [1.29, 1.82) is 5.26 Å². The molecular formula is C13H17N3O. The molecule has 0 radical (unpaired) electrons. The topological polar surface area (TPSA) is 57.9 Å². The van der Waals surface area contributed by atoms with Gasteiger partial charge in [0, 0.05) is 18.6 Å². The number of pyridine rings is 1. The first kappa shape index (κ1) is 11.9. The molecule has 0 amide bonds. The van der Waals surface area contributed by atoms with E-state index >= 15 is 0 Å². The van der Waals surface area contributed by atoms with Gasteiger partial charge in [0.15, 0.2) is 0 Å². The Kier molecular flexibility index (Phi) is 3.94.